The van der Waals surface area contributed by atoms with Crippen molar-refractivity contribution in [3.8, 4) is 0 Å². The molecule has 4 nitrogen and oxygen atoms in total. The van der Waals surface area contributed by atoms with E-state index in [0.717, 1.165) is 13.1 Å². The summed E-state index contributed by atoms with van der Waals surface area (Å²) in [5, 5.41) is 8.60. The standard InChI is InChI=1S/C10H20N2O2.2ClH/c1-10(11,6-5-9(13)14)12-7-3-2-4-8-12;;/h2-8,11H2,1H3,(H,13,14);2*1H. The Balaban J connectivity index is 0. The maximum Gasteiger partial charge on any atom is 0.303 e. The molecule has 0 aromatic heterocycles. The summed E-state index contributed by atoms with van der Waals surface area (Å²) < 4.78 is 0. The Labute approximate surface area is 109 Å². The first-order valence-electron chi connectivity index (χ1n) is 5.28. The molecule has 0 aromatic rings. The Morgan fingerprint density at radius 3 is 2.25 bits per heavy atom. The summed E-state index contributed by atoms with van der Waals surface area (Å²) in [5.74, 6) is -0.765. The number of aliphatic carboxylic acids is 1. The minimum Gasteiger partial charge on any atom is -0.481 e. The zero-order chi connectivity index (χ0) is 10.6. The van der Waals surface area contributed by atoms with Crippen LogP contribution in [-0.2, 0) is 4.79 Å². The van der Waals surface area contributed by atoms with Gasteiger partial charge in [0.25, 0.3) is 0 Å². The summed E-state index contributed by atoms with van der Waals surface area (Å²) >= 11 is 0. The summed E-state index contributed by atoms with van der Waals surface area (Å²) in [5.41, 5.74) is 5.66. The second-order valence-electron chi connectivity index (χ2n) is 4.30. The smallest absolute Gasteiger partial charge is 0.303 e. The Hall–Kier alpha value is -0.0300. The van der Waals surface area contributed by atoms with Crippen LogP contribution in [0.1, 0.15) is 39.0 Å². The highest BCUT2D eigenvalue weighted by atomic mass is 35.5. The summed E-state index contributed by atoms with van der Waals surface area (Å²) in [6.07, 6.45) is 4.32. The van der Waals surface area contributed by atoms with E-state index in [1.165, 1.54) is 19.3 Å². The van der Waals surface area contributed by atoms with Gasteiger partial charge < -0.3 is 10.8 Å². The summed E-state index contributed by atoms with van der Waals surface area (Å²) in [6.45, 7) is 3.94. The van der Waals surface area contributed by atoms with E-state index in [-0.39, 0.29) is 31.2 Å². The summed E-state index contributed by atoms with van der Waals surface area (Å²) in [6, 6.07) is 0. The molecule has 6 heteroatoms. The molecule has 1 aliphatic rings. The minimum absolute atomic E-state index is 0. The maximum absolute atomic E-state index is 10.5. The normalized spacial score (nSPS) is 20.1. The molecule has 0 spiro atoms. The van der Waals surface area contributed by atoms with Crippen LogP contribution < -0.4 is 5.73 Å². The lowest BCUT2D eigenvalue weighted by molar-refractivity contribution is -0.137. The number of piperidine rings is 1. The first-order valence-corrected chi connectivity index (χ1v) is 5.28. The fraction of sp³-hybridized carbons (Fsp3) is 0.900. The van der Waals surface area contributed by atoms with Crippen molar-refractivity contribution in [3.63, 3.8) is 0 Å². The third-order valence-corrected chi connectivity index (χ3v) is 2.92. The van der Waals surface area contributed by atoms with Crippen LogP contribution in [0.4, 0.5) is 0 Å². The molecule has 3 N–H and O–H groups in total. The molecule has 1 aliphatic heterocycles. The lowest BCUT2D eigenvalue weighted by atomic mass is 10.0. The molecular weight excluding hydrogens is 251 g/mol. The van der Waals surface area contributed by atoms with Gasteiger partial charge >= 0.3 is 5.97 Å². The number of nitrogens with zero attached hydrogens (tertiary/aromatic N) is 1. The second kappa shape index (κ2) is 8.12. The molecule has 1 saturated heterocycles. The van der Waals surface area contributed by atoms with Crippen molar-refractivity contribution in [2.75, 3.05) is 13.1 Å². The molecule has 1 atom stereocenters. The van der Waals surface area contributed by atoms with E-state index >= 15 is 0 Å². The van der Waals surface area contributed by atoms with Gasteiger partial charge in [0.1, 0.15) is 0 Å². The fourth-order valence-corrected chi connectivity index (χ4v) is 1.92. The number of halogens is 2. The van der Waals surface area contributed by atoms with Crippen molar-refractivity contribution >= 4 is 30.8 Å². The first-order chi connectivity index (χ1) is 6.52. The third kappa shape index (κ3) is 5.89. The van der Waals surface area contributed by atoms with Crippen LogP contribution in [0.3, 0.4) is 0 Å². The van der Waals surface area contributed by atoms with Crippen LogP contribution in [-0.4, -0.2) is 34.7 Å². The largest absolute Gasteiger partial charge is 0.481 e. The summed E-state index contributed by atoms with van der Waals surface area (Å²) in [4.78, 5) is 12.7. The number of carbonyl (C=O) groups is 1. The van der Waals surface area contributed by atoms with Crippen molar-refractivity contribution < 1.29 is 9.90 Å². The third-order valence-electron chi connectivity index (χ3n) is 2.92. The van der Waals surface area contributed by atoms with Crippen LogP contribution in [0.5, 0.6) is 0 Å². The van der Waals surface area contributed by atoms with Gasteiger partial charge in [-0.15, -0.1) is 24.8 Å². The predicted molar refractivity (Wildman–Crippen MR) is 69.4 cm³/mol. The fourth-order valence-electron chi connectivity index (χ4n) is 1.92. The van der Waals surface area contributed by atoms with Gasteiger partial charge in [0.05, 0.1) is 5.66 Å². The van der Waals surface area contributed by atoms with E-state index in [9.17, 15) is 4.79 Å². The van der Waals surface area contributed by atoms with Gasteiger partial charge in [0.15, 0.2) is 0 Å². The van der Waals surface area contributed by atoms with Crippen LogP contribution in [0, 0.1) is 0 Å². The topological polar surface area (TPSA) is 66.6 Å². The first kappa shape index (κ1) is 18.3. The van der Waals surface area contributed by atoms with Crippen LogP contribution >= 0.6 is 24.8 Å². The van der Waals surface area contributed by atoms with E-state index in [0.29, 0.717) is 6.42 Å². The SMILES string of the molecule is CC(N)(CCC(=O)O)N1CCCCC1.Cl.Cl. The monoisotopic (exact) mass is 272 g/mol. The second-order valence-corrected chi connectivity index (χ2v) is 4.30. The van der Waals surface area contributed by atoms with Crippen LogP contribution in [0.2, 0.25) is 0 Å². The van der Waals surface area contributed by atoms with Gasteiger partial charge in [0.2, 0.25) is 0 Å². The number of hydrogen-bond donors (Lipinski definition) is 2. The van der Waals surface area contributed by atoms with Gasteiger partial charge in [-0.1, -0.05) is 6.42 Å². The molecular formula is C10H22Cl2N2O2. The molecule has 0 bridgehead atoms. The van der Waals surface area contributed by atoms with Crippen molar-refractivity contribution in [1.29, 1.82) is 0 Å². The van der Waals surface area contributed by atoms with Gasteiger partial charge in [-0.3, -0.25) is 9.69 Å². The Morgan fingerprint density at radius 1 is 1.31 bits per heavy atom. The van der Waals surface area contributed by atoms with Crippen molar-refractivity contribution in [3.05, 3.63) is 0 Å². The summed E-state index contributed by atoms with van der Waals surface area (Å²) in [7, 11) is 0. The Morgan fingerprint density at radius 2 is 1.81 bits per heavy atom. The zero-order valence-electron chi connectivity index (χ0n) is 9.65. The minimum atomic E-state index is -0.765. The number of nitrogens with two attached hydrogens (primary N) is 1. The molecule has 98 valence electrons. The van der Waals surface area contributed by atoms with Crippen LogP contribution in [0.15, 0.2) is 0 Å². The quantitative estimate of drug-likeness (QED) is 0.820. The number of hydrogen-bond acceptors (Lipinski definition) is 3. The molecule has 0 aromatic carbocycles. The highest BCUT2D eigenvalue weighted by molar-refractivity contribution is 5.85. The number of carboxylic acid groups (broad SMARTS) is 1. The highest BCUT2D eigenvalue weighted by Gasteiger charge is 2.28. The van der Waals surface area contributed by atoms with Crippen molar-refractivity contribution in [2.24, 2.45) is 5.73 Å². The molecule has 1 unspecified atom stereocenters. The number of carboxylic acids is 1. The van der Waals surface area contributed by atoms with Gasteiger partial charge in [-0.2, -0.15) is 0 Å². The highest BCUT2D eigenvalue weighted by Crippen LogP contribution is 2.20. The van der Waals surface area contributed by atoms with Crippen molar-refractivity contribution in [1.82, 2.24) is 4.90 Å². The molecule has 1 fully saturated rings. The number of rotatable bonds is 4. The molecule has 16 heavy (non-hydrogen) atoms. The average Bonchev–Trinajstić information content (AvgIpc) is 2.16. The van der Waals surface area contributed by atoms with E-state index in [2.05, 4.69) is 4.90 Å². The maximum atomic E-state index is 10.5. The Bertz CT molecular complexity index is 207. The molecule has 0 amide bonds. The number of likely N-dealkylation sites (tertiary alicyclic amines) is 1. The lowest BCUT2D eigenvalue weighted by Gasteiger charge is -2.40. The molecule has 1 rings (SSSR count). The van der Waals surface area contributed by atoms with Gasteiger partial charge in [-0.25, -0.2) is 0 Å². The molecule has 0 saturated carbocycles. The van der Waals surface area contributed by atoms with Crippen molar-refractivity contribution in [2.45, 2.75) is 44.7 Å². The van der Waals surface area contributed by atoms with E-state index in [1.54, 1.807) is 0 Å². The predicted octanol–water partition coefficient (Wildman–Crippen LogP) is 1.86. The van der Waals surface area contributed by atoms with E-state index in [1.807, 2.05) is 6.92 Å². The lowest BCUT2D eigenvalue weighted by Crippen LogP contribution is -2.55. The van der Waals surface area contributed by atoms with Gasteiger partial charge in [0, 0.05) is 6.42 Å². The van der Waals surface area contributed by atoms with E-state index < -0.39 is 11.6 Å². The van der Waals surface area contributed by atoms with Crippen LogP contribution in [0.25, 0.3) is 0 Å². The van der Waals surface area contributed by atoms with E-state index in [4.69, 9.17) is 10.8 Å². The molecule has 0 aliphatic carbocycles. The average molecular weight is 273 g/mol. The Kier molecular flexibility index (Phi) is 9.30. The molecule has 1 heterocycles. The molecule has 0 radical (unpaired) electrons. The zero-order valence-corrected chi connectivity index (χ0v) is 11.3. The van der Waals surface area contributed by atoms with Gasteiger partial charge in [-0.05, 0) is 39.3 Å².